The Balaban J connectivity index is 1.70. The van der Waals surface area contributed by atoms with Gasteiger partial charge < -0.3 is 14.1 Å². The lowest BCUT2D eigenvalue weighted by Crippen LogP contribution is -2.43. The maximum absolute atomic E-state index is 12.6. The van der Waals surface area contributed by atoms with E-state index in [-0.39, 0.29) is 36.6 Å². The molecule has 1 aromatic carbocycles. The highest BCUT2D eigenvalue weighted by atomic mass is 32.2. The van der Waals surface area contributed by atoms with E-state index in [1.54, 1.807) is 29.2 Å². The minimum Gasteiger partial charge on any atom is -0.484 e. The standard InChI is InChI=1S/C17H19NO5S/c19-17(12-23-15-5-2-1-3-6-15)18(11-16-7-4-9-22-16)14-8-10-24(20,21)13-14/h1-7,9,14H,8,10-13H2/t14-/m0/s1. The van der Waals surface area contributed by atoms with Crippen molar-refractivity contribution in [3.05, 3.63) is 54.5 Å². The Labute approximate surface area is 140 Å². The summed E-state index contributed by atoms with van der Waals surface area (Å²) in [7, 11) is -3.09. The monoisotopic (exact) mass is 349 g/mol. The first-order valence-corrected chi connectivity index (χ1v) is 9.56. The van der Waals surface area contributed by atoms with Crippen molar-refractivity contribution in [3.63, 3.8) is 0 Å². The van der Waals surface area contributed by atoms with Crippen molar-refractivity contribution in [2.24, 2.45) is 0 Å². The zero-order chi connectivity index (χ0) is 17.0. The Kier molecular flexibility index (Phi) is 4.89. The van der Waals surface area contributed by atoms with Gasteiger partial charge in [-0.25, -0.2) is 8.42 Å². The average molecular weight is 349 g/mol. The molecule has 1 atom stereocenters. The number of ether oxygens (including phenoxy) is 1. The van der Waals surface area contributed by atoms with Crippen LogP contribution in [-0.2, 0) is 21.2 Å². The van der Waals surface area contributed by atoms with Crippen LogP contribution >= 0.6 is 0 Å². The van der Waals surface area contributed by atoms with Crippen molar-refractivity contribution in [2.75, 3.05) is 18.1 Å². The van der Waals surface area contributed by atoms with E-state index in [4.69, 9.17) is 9.15 Å². The number of nitrogens with zero attached hydrogens (tertiary/aromatic N) is 1. The minimum atomic E-state index is -3.09. The van der Waals surface area contributed by atoms with Gasteiger partial charge in [-0.3, -0.25) is 4.79 Å². The van der Waals surface area contributed by atoms with Crippen molar-refractivity contribution in [3.8, 4) is 5.75 Å². The molecule has 0 unspecified atom stereocenters. The SMILES string of the molecule is O=C(COc1ccccc1)N(Cc1ccco1)[C@H]1CCS(=O)(=O)C1. The largest absolute Gasteiger partial charge is 0.484 e. The van der Waals surface area contributed by atoms with Crippen molar-refractivity contribution in [1.82, 2.24) is 4.90 Å². The topological polar surface area (TPSA) is 76.8 Å². The molecule has 0 N–H and O–H groups in total. The molecule has 0 spiro atoms. The highest BCUT2D eigenvalue weighted by Gasteiger charge is 2.35. The smallest absolute Gasteiger partial charge is 0.261 e. The van der Waals surface area contributed by atoms with E-state index in [1.165, 1.54) is 6.26 Å². The third kappa shape index (κ3) is 4.17. The quantitative estimate of drug-likeness (QED) is 0.796. The molecule has 0 bridgehead atoms. The van der Waals surface area contributed by atoms with Gasteiger partial charge in [0.1, 0.15) is 11.5 Å². The van der Waals surface area contributed by atoms with Crippen LogP contribution in [-0.4, -0.2) is 43.4 Å². The molecule has 6 nitrogen and oxygen atoms in total. The van der Waals surface area contributed by atoms with Crippen molar-refractivity contribution < 1.29 is 22.4 Å². The number of sulfone groups is 1. The second-order valence-electron chi connectivity index (χ2n) is 5.76. The van der Waals surface area contributed by atoms with E-state index in [9.17, 15) is 13.2 Å². The van der Waals surface area contributed by atoms with E-state index < -0.39 is 9.84 Å². The Hall–Kier alpha value is -2.28. The van der Waals surface area contributed by atoms with Crippen LogP contribution in [0.15, 0.2) is 53.1 Å². The van der Waals surface area contributed by atoms with E-state index in [2.05, 4.69) is 0 Å². The van der Waals surface area contributed by atoms with E-state index in [0.717, 1.165) is 0 Å². The maximum atomic E-state index is 12.6. The predicted octanol–water partition coefficient (Wildman–Crippen LogP) is 1.87. The molecule has 1 amide bonds. The van der Waals surface area contributed by atoms with Gasteiger partial charge >= 0.3 is 0 Å². The Morgan fingerprint density at radius 3 is 2.62 bits per heavy atom. The van der Waals surface area contributed by atoms with Crippen LogP contribution in [0.3, 0.4) is 0 Å². The van der Waals surface area contributed by atoms with Crippen LogP contribution < -0.4 is 4.74 Å². The molecule has 1 aliphatic heterocycles. The first kappa shape index (κ1) is 16.6. The van der Waals surface area contributed by atoms with E-state index >= 15 is 0 Å². The number of furan rings is 1. The van der Waals surface area contributed by atoms with Gasteiger partial charge in [-0.2, -0.15) is 0 Å². The zero-order valence-electron chi connectivity index (χ0n) is 13.1. The molecule has 3 rings (SSSR count). The van der Waals surface area contributed by atoms with Crippen LogP contribution in [0.5, 0.6) is 5.75 Å². The molecule has 2 heterocycles. The number of carbonyl (C=O) groups excluding carboxylic acids is 1. The Morgan fingerprint density at radius 1 is 1.21 bits per heavy atom. The number of benzene rings is 1. The molecule has 128 valence electrons. The fraction of sp³-hybridized carbons (Fsp3) is 0.353. The molecular weight excluding hydrogens is 330 g/mol. The summed E-state index contributed by atoms with van der Waals surface area (Å²) >= 11 is 0. The molecule has 0 radical (unpaired) electrons. The molecule has 0 saturated carbocycles. The molecule has 1 fully saturated rings. The van der Waals surface area contributed by atoms with Crippen molar-refractivity contribution in [1.29, 1.82) is 0 Å². The second kappa shape index (κ2) is 7.09. The summed E-state index contributed by atoms with van der Waals surface area (Å²) in [5.74, 6) is 1.07. The van der Waals surface area contributed by atoms with Gasteiger partial charge in [-0.15, -0.1) is 0 Å². The van der Waals surface area contributed by atoms with Crippen LogP contribution in [0.1, 0.15) is 12.2 Å². The van der Waals surface area contributed by atoms with Crippen LogP contribution in [0, 0.1) is 0 Å². The lowest BCUT2D eigenvalue weighted by molar-refractivity contribution is -0.136. The summed E-state index contributed by atoms with van der Waals surface area (Å²) in [5.41, 5.74) is 0. The van der Waals surface area contributed by atoms with Gasteiger partial charge in [0.05, 0.1) is 24.3 Å². The summed E-state index contributed by atoms with van der Waals surface area (Å²) in [5, 5.41) is 0. The number of hydrogen-bond donors (Lipinski definition) is 0. The third-order valence-electron chi connectivity index (χ3n) is 3.98. The highest BCUT2D eigenvalue weighted by molar-refractivity contribution is 7.91. The summed E-state index contributed by atoms with van der Waals surface area (Å²) in [6.45, 7) is 0.103. The lowest BCUT2D eigenvalue weighted by atomic mass is 10.2. The fourth-order valence-corrected chi connectivity index (χ4v) is 4.49. The molecule has 1 aromatic heterocycles. The summed E-state index contributed by atoms with van der Waals surface area (Å²) in [6, 6.07) is 12.2. The molecule has 0 aliphatic carbocycles. The van der Waals surface area contributed by atoms with Gasteiger partial charge in [0.25, 0.3) is 5.91 Å². The summed E-state index contributed by atoms with van der Waals surface area (Å²) in [6.07, 6.45) is 1.98. The number of carbonyl (C=O) groups is 1. The lowest BCUT2D eigenvalue weighted by Gasteiger charge is -2.27. The normalized spacial score (nSPS) is 19.1. The zero-order valence-corrected chi connectivity index (χ0v) is 13.9. The van der Waals surface area contributed by atoms with Gasteiger partial charge in [0.15, 0.2) is 16.4 Å². The van der Waals surface area contributed by atoms with Crippen LogP contribution in [0.2, 0.25) is 0 Å². The fourth-order valence-electron chi connectivity index (χ4n) is 2.76. The summed E-state index contributed by atoms with van der Waals surface area (Å²) < 4.78 is 34.3. The summed E-state index contributed by atoms with van der Waals surface area (Å²) in [4.78, 5) is 14.2. The number of amides is 1. The van der Waals surface area contributed by atoms with Crippen LogP contribution in [0.4, 0.5) is 0 Å². The molecule has 24 heavy (non-hydrogen) atoms. The van der Waals surface area contributed by atoms with Crippen molar-refractivity contribution >= 4 is 15.7 Å². The number of hydrogen-bond acceptors (Lipinski definition) is 5. The Morgan fingerprint density at radius 2 is 2.00 bits per heavy atom. The molecular formula is C17H19NO5S. The average Bonchev–Trinajstić information content (AvgIpc) is 3.20. The van der Waals surface area contributed by atoms with Gasteiger partial charge in [-0.1, -0.05) is 18.2 Å². The van der Waals surface area contributed by atoms with E-state index in [1.807, 2.05) is 18.2 Å². The van der Waals surface area contributed by atoms with Gasteiger partial charge in [0.2, 0.25) is 0 Å². The minimum absolute atomic E-state index is 0.00914. The number of para-hydroxylation sites is 1. The van der Waals surface area contributed by atoms with Crippen LogP contribution in [0.25, 0.3) is 0 Å². The van der Waals surface area contributed by atoms with Gasteiger partial charge in [-0.05, 0) is 30.7 Å². The molecule has 1 saturated heterocycles. The second-order valence-corrected chi connectivity index (χ2v) is 7.99. The first-order chi connectivity index (χ1) is 11.5. The molecule has 7 heteroatoms. The van der Waals surface area contributed by atoms with Crippen molar-refractivity contribution in [2.45, 2.75) is 19.0 Å². The van der Waals surface area contributed by atoms with Gasteiger partial charge in [0, 0.05) is 6.04 Å². The first-order valence-electron chi connectivity index (χ1n) is 7.74. The molecule has 1 aliphatic rings. The maximum Gasteiger partial charge on any atom is 0.261 e. The Bertz CT molecular complexity index is 771. The number of rotatable bonds is 6. The highest BCUT2D eigenvalue weighted by Crippen LogP contribution is 2.21. The molecule has 2 aromatic rings. The predicted molar refractivity (Wildman–Crippen MR) is 88.3 cm³/mol. The third-order valence-corrected chi connectivity index (χ3v) is 5.73. The van der Waals surface area contributed by atoms with E-state index in [0.29, 0.717) is 17.9 Å².